The fourth-order valence-corrected chi connectivity index (χ4v) is 3.24. The number of carbonyl (C=O) groups is 1. The van der Waals surface area contributed by atoms with Crippen LogP contribution < -0.4 is 11.1 Å². The van der Waals surface area contributed by atoms with Crippen molar-refractivity contribution in [2.45, 2.75) is 18.9 Å². The van der Waals surface area contributed by atoms with Gasteiger partial charge in [0.25, 0.3) is 5.91 Å². The third kappa shape index (κ3) is 2.41. The summed E-state index contributed by atoms with van der Waals surface area (Å²) >= 11 is 1.37. The second kappa shape index (κ2) is 5.14. The van der Waals surface area contributed by atoms with Crippen molar-refractivity contribution >= 4 is 33.0 Å². The van der Waals surface area contributed by atoms with Gasteiger partial charge in [-0.25, -0.2) is 0 Å². The summed E-state index contributed by atoms with van der Waals surface area (Å²) in [5, 5.41) is 3.78. The van der Waals surface area contributed by atoms with Crippen LogP contribution in [-0.4, -0.2) is 30.1 Å². The van der Waals surface area contributed by atoms with Crippen molar-refractivity contribution < 1.29 is 9.53 Å². The number of fused-ring (bicyclic) bond motifs is 1. The Morgan fingerprint density at radius 1 is 1.63 bits per heavy atom. The summed E-state index contributed by atoms with van der Waals surface area (Å²) in [5.74, 6) is -0.130. The molecule has 0 saturated carbocycles. The maximum atomic E-state index is 12.1. The summed E-state index contributed by atoms with van der Waals surface area (Å²) in [5.41, 5.74) is 6.55. The van der Waals surface area contributed by atoms with E-state index in [1.807, 2.05) is 6.07 Å². The van der Waals surface area contributed by atoms with E-state index in [1.165, 1.54) is 11.3 Å². The van der Waals surface area contributed by atoms with Crippen molar-refractivity contribution in [1.82, 2.24) is 10.3 Å². The SMILES string of the molecule is Nc1c(C(=O)NCC2CCCO2)sc2cnccc12. The first-order chi connectivity index (χ1) is 9.25. The fourth-order valence-electron chi connectivity index (χ4n) is 2.23. The molecule has 2 aromatic heterocycles. The molecule has 3 heterocycles. The molecule has 6 heteroatoms. The third-order valence-electron chi connectivity index (χ3n) is 3.25. The predicted molar refractivity (Wildman–Crippen MR) is 75.3 cm³/mol. The zero-order valence-corrected chi connectivity index (χ0v) is 11.2. The average Bonchev–Trinajstić information content (AvgIpc) is 3.05. The first-order valence-electron chi connectivity index (χ1n) is 6.27. The summed E-state index contributed by atoms with van der Waals surface area (Å²) in [4.78, 5) is 16.7. The van der Waals surface area contributed by atoms with Crippen LogP contribution >= 0.6 is 11.3 Å². The molecule has 0 radical (unpaired) electrons. The van der Waals surface area contributed by atoms with Crippen molar-refractivity contribution in [1.29, 1.82) is 0 Å². The number of ether oxygens (including phenoxy) is 1. The topological polar surface area (TPSA) is 77.2 Å². The van der Waals surface area contributed by atoms with Crippen LogP contribution in [0.4, 0.5) is 5.69 Å². The van der Waals surface area contributed by atoms with Crippen molar-refractivity contribution in [2.75, 3.05) is 18.9 Å². The van der Waals surface area contributed by atoms with Crippen LogP contribution in [0.2, 0.25) is 0 Å². The molecule has 1 aliphatic rings. The van der Waals surface area contributed by atoms with Crippen LogP contribution in [0.3, 0.4) is 0 Å². The van der Waals surface area contributed by atoms with E-state index < -0.39 is 0 Å². The number of nitrogen functional groups attached to an aromatic ring is 1. The molecule has 1 amide bonds. The lowest BCUT2D eigenvalue weighted by atomic mass is 10.2. The number of hydrogen-bond acceptors (Lipinski definition) is 5. The van der Waals surface area contributed by atoms with E-state index in [1.54, 1.807) is 12.4 Å². The van der Waals surface area contributed by atoms with E-state index >= 15 is 0 Å². The molecule has 1 unspecified atom stereocenters. The summed E-state index contributed by atoms with van der Waals surface area (Å²) in [6.07, 6.45) is 5.62. The van der Waals surface area contributed by atoms with E-state index in [0.717, 1.165) is 29.5 Å². The molecule has 1 aliphatic heterocycles. The number of pyridine rings is 1. The molecule has 19 heavy (non-hydrogen) atoms. The second-order valence-corrected chi connectivity index (χ2v) is 5.61. The van der Waals surface area contributed by atoms with Gasteiger partial charge in [0, 0.05) is 30.9 Å². The highest BCUT2D eigenvalue weighted by molar-refractivity contribution is 7.21. The van der Waals surface area contributed by atoms with Crippen LogP contribution in [-0.2, 0) is 4.74 Å². The van der Waals surface area contributed by atoms with Crippen LogP contribution in [0.1, 0.15) is 22.5 Å². The van der Waals surface area contributed by atoms with Gasteiger partial charge >= 0.3 is 0 Å². The number of nitrogens with one attached hydrogen (secondary N) is 1. The lowest BCUT2D eigenvalue weighted by Gasteiger charge is -2.10. The molecule has 1 atom stereocenters. The van der Waals surface area contributed by atoms with Gasteiger partial charge < -0.3 is 15.8 Å². The molecular formula is C13H15N3O2S. The number of nitrogens with two attached hydrogens (primary N) is 1. The van der Waals surface area contributed by atoms with Gasteiger partial charge in [-0.1, -0.05) is 0 Å². The highest BCUT2D eigenvalue weighted by Gasteiger charge is 2.19. The number of amides is 1. The molecule has 3 N–H and O–H groups in total. The van der Waals surface area contributed by atoms with E-state index in [-0.39, 0.29) is 12.0 Å². The lowest BCUT2D eigenvalue weighted by molar-refractivity contribution is 0.0862. The predicted octanol–water partition coefficient (Wildman–Crippen LogP) is 1.79. The minimum Gasteiger partial charge on any atom is -0.397 e. The number of carbonyl (C=O) groups excluding carboxylic acids is 1. The zero-order chi connectivity index (χ0) is 13.2. The molecule has 0 aromatic carbocycles. The Balaban J connectivity index is 1.75. The minimum atomic E-state index is -0.130. The normalized spacial score (nSPS) is 18.8. The first-order valence-corrected chi connectivity index (χ1v) is 7.09. The smallest absolute Gasteiger partial charge is 0.263 e. The number of thiophene rings is 1. The van der Waals surface area contributed by atoms with Crippen LogP contribution in [0.5, 0.6) is 0 Å². The van der Waals surface area contributed by atoms with E-state index in [9.17, 15) is 4.79 Å². The summed E-state index contributed by atoms with van der Waals surface area (Å²) < 4.78 is 6.41. The number of aromatic nitrogens is 1. The molecule has 1 fully saturated rings. The van der Waals surface area contributed by atoms with Gasteiger partial charge in [0.2, 0.25) is 0 Å². The molecule has 0 bridgehead atoms. The Hall–Kier alpha value is -1.66. The maximum Gasteiger partial charge on any atom is 0.263 e. The van der Waals surface area contributed by atoms with Crippen LogP contribution in [0.25, 0.3) is 10.1 Å². The molecule has 100 valence electrons. The highest BCUT2D eigenvalue weighted by Crippen LogP contribution is 2.32. The molecule has 2 aromatic rings. The Bertz CT molecular complexity index is 605. The Morgan fingerprint density at radius 3 is 3.26 bits per heavy atom. The Morgan fingerprint density at radius 2 is 2.53 bits per heavy atom. The van der Waals surface area contributed by atoms with Gasteiger partial charge in [-0.05, 0) is 18.9 Å². The monoisotopic (exact) mass is 277 g/mol. The first kappa shape index (κ1) is 12.4. The number of nitrogens with zero attached hydrogens (tertiary/aromatic N) is 1. The molecule has 0 aliphatic carbocycles. The van der Waals surface area contributed by atoms with Gasteiger partial charge in [0.05, 0.1) is 16.5 Å². The quantitative estimate of drug-likeness (QED) is 0.896. The molecular weight excluding hydrogens is 262 g/mol. The highest BCUT2D eigenvalue weighted by atomic mass is 32.1. The molecule has 5 nitrogen and oxygen atoms in total. The fraction of sp³-hybridized carbons (Fsp3) is 0.385. The van der Waals surface area contributed by atoms with Crippen LogP contribution in [0.15, 0.2) is 18.5 Å². The van der Waals surface area contributed by atoms with Crippen molar-refractivity contribution in [3.63, 3.8) is 0 Å². The minimum absolute atomic E-state index is 0.130. The average molecular weight is 277 g/mol. The standard InChI is InChI=1S/C13H15N3O2S/c14-11-9-3-4-15-7-10(9)19-12(11)13(17)16-6-8-2-1-5-18-8/h3-4,7-8H,1-2,5-6,14H2,(H,16,17). The van der Waals surface area contributed by atoms with E-state index in [2.05, 4.69) is 10.3 Å². The van der Waals surface area contributed by atoms with E-state index in [4.69, 9.17) is 10.5 Å². The summed E-state index contributed by atoms with van der Waals surface area (Å²) in [6.45, 7) is 1.34. The second-order valence-electron chi connectivity index (χ2n) is 4.56. The van der Waals surface area contributed by atoms with Gasteiger partial charge in [-0.2, -0.15) is 0 Å². The Labute approximate surface area is 114 Å². The third-order valence-corrected chi connectivity index (χ3v) is 4.41. The number of hydrogen-bond donors (Lipinski definition) is 2. The molecule has 0 spiro atoms. The largest absolute Gasteiger partial charge is 0.397 e. The van der Waals surface area contributed by atoms with Crippen molar-refractivity contribution in [2.24, 2.45) is 0 Å². The van der Waals surface area contributed by atoms with E-state index in [0.29, 0.717) is 17.1 Å². The summed E-state index contributed by atoms with van der Waals surface area (Å²) in [6, 6.07) is 1.83. The zero-order valence-electron chi connectivity index (χ0n) is 10.4. The van der Waals surface area contributed by atoms with Gasteiger partial charge in [-0.3, -0.25) is 9.78 Å². The lowest BCUT2D eigenvalue weighted by Crippen LogP contribution is -2.31. The van der Waals surface area contributed by atoms with Crippen molar-refractivity contribution in [3.8, 4) is 0 Å². The van der Waals surface area contributed by atoms with Crippen molar-refractivity contribution in [3.05, 3.63) is 23.3 Å². The molecule has 1 saturated heterocycles. The number of rotatable bonds is 3. The van der Waals surface area contributed by atoms with Gasteiger partial charge in [0.1, 0.15) is 4.88 Å². The van der Waals surface area contributed by atoms with Gasteiger partial charge in [0.15, 0.2) is 0 Å². The maximum absolute atomic E-state index is 12.1. The van der Waals surface area contributed by atoms with Crippen LogP contribution in [0, 0.1) is 0 Å². The Kier molecular flexibility index (Phi) is 3.35. The van der Waals surface area contributed by atoms with Gasteiger partial charge in [-0.15, -0.1) is 11.3 Å². The molecule has 3 rings (SSSR count). The number of anilines is 1. The summed E-state index contributed by atoms with van der Waals surface area (Å²) in [7, 11) is 0.